The Morgan fingerprint density at radius 1 is 1.53 bits per heavy atom. The van der Waals surface area contributed by atoms with Gasteiger partial charge in [-0.05, 0) is 47.0 Å². The van der Waals surface area contributed by atoms with Gasteiger partial charge in [-0.3, -0.25) is 4.79 Å². The normalized spacial score (nSPS) is 20.4. The Morgan fingerprint density at radius 3 is 2.94 bits per heavy atom. The summed E-state index contributed by atoms with van der Waals surface area (Å²) in [6.45, 7) is 1.25. The number of carbonyl (C=O) groups is 1. The third-order valence-electron chi connectivity index (χ3n) is 2.91. The van der Waals surface area contributed by atoms with Crippen molar-refractivity contribution in [3.05, 3.63) is 34.1 Å². The zero-order chi connectivity index (χ0) is 12.4. The van der Waals surface area contributed by atoms with E-state index in [2.05, 4.69) is 15.9 Å². The second-order valence-electron chi connectivity index (χ2n) is 4.28. The molecule has 0 unspecified atom stereocenters. The Kier molecular flexibility index (Phi) is 3.79. The number of hydrogen-bond acceptors (Lipinski definition) is 2. The smallest absolute Gasteiger partial charge is 0.254 e. The van der Waals surface area contributed by atoms with Gasteiger partial charge in [0.15, 0.2) is 0 Å². The molecule has 1 heterocycles. The molecule has 2 rings (SSSR count). The topological polar surface area (TPSA) is 46.3 Å². The summed E-state index contributed by atoms with van der Waals surface area (Å²) < 4.78 is 13.7. The predicted molar refractivity (Wildman–Crippen MR) is 67.2 cm³/mol. The zero-order valence-electron chi connectivity index (χ0n) is 9.33. The maximum absolute atomic E-state index is 13.3. The first-order valence-electron chi connectivity index (χ1n) is 5.58. The van der Waals surface area contributed by atoms with Crippen molar-refractivity contribution in [2.24, 2.45) is 5.73 Å². The first kappa shape index (κ1) is 12.5. The highest BCUT2D eigenvalue weighted by molar-refractivity contribution is 9.10. The maximum Gasteiger partial charge on any atom is 0.254 e. The third-order valence-corrected chi connectivity index (χ3v) is 3.55. The molecule has 1 atom stereocenters. The standard InChI is InChI=1S/C12H14BrFN2O/c13-10-4-3-8(6-11(10)14)12(17)16-5-1-2-9(15)7-16/h3-4,6,9H,1-2,5,7,15H2/t9-/m0/s1. The fraction of sp³-hybridized carbons (Fsp3) is 0.417. The molecule has 1 amide bonds. The minimum Gasteiger partial charge on any atom is -0.337 e. The third kappa shape index (κ3) is 2.84. The minimum absolute atomic E-state index is 0.0352. The van der Waals surface area contributed by atoms with E-state index in [4.69, 9.17) is 5.73 Å². The largest absolute Gasteiger partial charge is 0.337 e. The van der Waals surface area contributed by atoms with E-state index < -0.39 is 5.82 Å². The summed E-state index contributed by atoms with van der Waals surface area (Å²) >= 11 is 3.06. The average Bonchev–Trinajstić information content (AvgIpc) is 2.32. The van der Waals surface area contributed by atoms with Crippen LogP contribution in [-0.4, -0.2) is 29.9 Å². The van der Waals surface area contributed by atoms with Gasteiger partial charge >= 0.3 is 0 Å². The first-order chi connectivity index (χ1) is 8.08. The van der Waals surface area contributed by atoms with Crippen LogP contribution in [0.1, 0.15) is 23.2 Å². The van der Waals surface area contributed by atoms with Gasteiger partial charge in [0.25, 0.3) is 5.91 Å². The molecule has 1 saturated heterocycles. The van der Waals surface area contributed by atoms with Crippen LogP contribution in [0.2, 0.25) is 0 Å². The van der Waals surface area contributed by atoms with Crippen LogP contribution in [0.15, 0.2) is 22.7 Å². The lowest BCUT2D eigenvalue weighted by Gasteiger charge is -2.30. The molecule has 0 aromatic heterocycles. The number of nitrogens with zero attached hydrogens (tertiary/aromatic N) is 1. The van der Waals surface area contributed by atoms with Crippen LogP contribution in [0.3, 0.4) is 0 Å². The zero-order valence-corrected chi connectivity index (χ0v) is 10.9. The Balaban J connectivity index is 2.15. The van der Waals surface area contributed by atoms with Crippen LogP contribution in [0.4, 0.5) is 4.39 Å². The Hall–Kier alpha value is -0.940. The second-order valence-corrected chi connectivity index (χ2v) is 5.14. The molecule has 0 saturated carbocycles. The van der Waals surface area contributed by atoms with Gasteiger partial charge in [0.1, 0.15) is 5.82 Å². The number of likely N-dealkylation sites (tertiary alicyclic amines) is 1. The summed E-state index contributed by atoms with van der Waals surface area (Å²) in [7, 11) is 0. The number of carbonyl (C=O) groups excluding carboxylic acids is 1. The van der Waals surface area contributed by atoms with E-state index in [9.17, 15) is 9.18 Å². The summed E-state index contributed by atoms with van der Waals surface area (Å²) in [5.74, 6) is -0.566. The van der Waals surface area contributed by atoms with Crippen LogP contribution in [-0.2, 0) is 0 Å². The molecule has 5 heteroatoms. The molecule has 1 fully saturated rings. The quantitative estimate of drug-likeness (QED) is 0.864. The monoisotopic (exact) mass is 300 g/mol. The number of benzene rings is 1. The van der Waals surface area contributed by atoms with Crippen molar-refractivity contribution < 1.29 is 9.18 Å². The van der Waals surface area contributed by atoms with E-state index in [0.29, 0.717) is 23.1 Å². The molecule has 1 aromatic rings. The summed E-state index contributed by atoms with van der Waals surface area (Å²) in [4.78, 5) is 13.8. The van der Waals surface area contributed by atoms with Crippen molar-refractivity contribution in [3.63, 3.8) is 0 Å². The summed E-state index contributed by atoms with van der Waals surface area (Å²) in [5, 5.41) is 0. The van der Waals surface area contributed by atoms with Gasteiger partial charge in [-0.1, -0.05) is 0 Å². The highest BCUT2D eigenvalue weighted by atomic mass is 79.9. The molecular weight excluding hydrogens is 287 g/mol. The fourth-order valence-electron chi connectivity index (χ4n) is 2.01. The van der Waals surface area contributed by atoms with E-state index in [1.807, 2.05) is 0 Å². The first-order valence-corrected chi connectivity index (χ1v) is 6.37. The lowest BCUT2D eigenvalue weighted by molar-refractivity contribution is 0.0708. The molecule has 3 nitrogen and oxygen atoms in total. The number of halogens is 2. The van der Waals surface area contributed by atoms with Gasteiger partial charge in [-0.2, -0.15) is 0 Å². The van der Waals surface area contributed by atoms with Gasteiger partial charge in [-0.25, -0.2) is 4.39 Å². The van der Waals surface area contributed by atoms with Gasteiger partial charge < -0.3 is 10.6 Å². The minimum atomic E-state index is -0.419. The van der Waals surface area contributed by atoms with Crippen molar-refractivity contribution in [3.8, 4) is 0 Å². The molecule has 1 aliphatic rings. The van der Waals surface area contributed by atoms with E-state index in [1.165, 1.54) is 6.07 Å². The molecule has 1 aromatic carbocycles. The van der Waals surface area contributed by atoms with Crippen LogP contribution >= 0.6 is 15.9 Å². The van der Waals surface area contributed by atoms with Crippen molar-refractivity contribution in [1.29, 1.82) is 0 Å². The van der Waals surface area contributed by atoms with E-state index in [1.54, 1.807) is 17.0 Å². The van der Waals surface area contributed by atoms with Crippen LogP contribution < -0.4 is 5.73 Å². The number of hydrogen-bond donors (Lipinski definition) is 1. The number of rotatable bonds is 1. The molecule has 1 aliphatic heterocycles. The number of piperidine rings is 1. The molecule has 0 spiro atoms. The highest BCUT2D eigenvalue weighted by Crippen LogP contribution is 2.19. The summed E-state index contributed by atoms with van der Waals surface area (Å²) in [5.41, 5.74) is 6.19. The lowest BCUT2D eigenvalue weighted by Crippen LogP contribution is -2.45. The molecular formula is C12H14BrFN2O. The highest BCUT2D eigenvalue weighted by Gasteiger charge is 2.22. The van der Waals surface area contributed by atoms with Gasteiger partial charge in [0, 0.05) is 24.7 Å². The van der Waals surface area contributed by atoms with Crippen molar-refractivity contribution in [2.75, 3.05) is 13.1 Å². The fourth-order valence-corrected chi connectivity index (χ4v) is 2.25. The summed E-state index contributed by atoms with van der Waals surface area (Å²) in [6, 6.07) is 4.46. The van der Waals surface area contributed by atoms with Gasteiger partial charge in [0.05, 0.1) is 4.47 Å². The van der Waals surface area contributed by atoms with E-state index >= 15 is 0 Å². The molecule has 17 heavy (non-hydrogen) atoms. The Bertz CT molecular complexity index is 439. The molecule has 92 valence electrons. The lowest BCUT2D eigenvalue weighted by atomic mass is 10.1. The Labute approximate surface area is 108 Å². The predicted octanol–water partition coefficient (Wildman–Crippen LogP) is 2.15. The molecule has 0 radical (unpaired) electrons. The molecule has 0 bridgehead atoms. The summed E-state index contributed by atoms with van der Waals surface area (Å²) in [6.07, 6.45) is 1.85. The van der Waals surface area contributed by atoms with Crippen molar-refractivity contribution in [1.82, 2.24) is 4.90 Å². The van der Waals surface area contributed by atoms with Crippen molar-refractivity contribution >= 4 is 21.8 Å². The number of amides is 1. The van der Waals surface area contributed by atoms with Gasteiger partial charge in [0.2, 0.25) is 0 Å². The average molecular weight is 301 g/mol. The van der Waals surface area contributed by atoms with Gasteiger partial charge in [-0.15, -0.1) is 0 Å². The number of nitrogens with two attached hydrogens (primary N) is 1. The van der Waals surface area contributed by atoms with Crippen LogP contribution in [0, 0.1) is 5.82 Å². The molecule has 0 aliphatic carbocycles. The Morgan fingerprint density at radius 2 is 2.29 bits per heavy atom. The second kappa shape index (κ2) is 5.14. The van der Waals surface area contributed by atoms with Crippen LogP contribution in [0.25, 0.3) is 0 Å². The van der Waals surface area contributed by atoms with Crippen LogP contribution in [0.5, 0.6) is 0 Å². The molecule has 2 N–H and O–H groups in total. The maximum atomic E-state index is 13.3. The van der Waals surface area contributed by atoms with E-state index in [0.717, 1.165) is 12.8 Å². The SMILES string of the molecule is N[C@H]1CCCN(C(=O)c2ccc(Br)c(F)c2)C1. The van der Waals surface area contributed by atoms with Crippen molar-refractivity contribution in [2.45, 2.75) is 18.9 Å². The van der Waals surface area contributed by atoms with E-state index in [-0.39, 0.29) is 11.9 Å².